The lowest BCUT2D eigenvalue weighted by atomic mass is 9.77. The number of carbonyl (C=O) groups is 1. The lowest BCUT2D eigenvalue weighted by molar-refractivity contribution is 0.0689. The molecule has 0 spiro atoms. The van der Waals surface area contributed by atoms with Crippen LogP contribution in [0.1, 0.15) is 63.0 Å². The van der Waals surface area contributed by atoms with Gasteiger partial charge in [0.2, 0.25) is 0 Å². The Morgan fingerprint density at radius 2 is 1.58 bits per heavy atom. The topological polar surface area (TPSA) is 57.5 Å². The maximum atomic E-state index is 11.4. The van der Waals surface area contributed by atoms with Crippen LogP contribution in [-0.4, -0.2) is 16.2 Å². The first-order valence-electron chi connectivity index (χ1n) is 6.20. The molecule has 0 aliphatic carbocycles. The first-order chi connectivity index (χ1) is 8.37. The van der Waals surface area contributed by atoms with E-state index in [0.717, 1.165) is 0 Å². The van der Waals surface area contributed by atoms with Gasteiger partial charge >= 0.3 is 5.97 Å². The first kappa shape index (κ1) is 15.9. The van der Waals surface area contributed by atoms with Gasteiger partial charge in [0.1, 0.15) is 5.75 Å². The zero-order chi connectivity index (χ0) is 15.2. The highest BCUT2D eigenvalue weighted by Crippen LogP contribution is 2.43. The molecule has 0 aliphatic heterocycles. The fourth-order valence-corrected chi connectivity index (χ4v) is 2.51. The van der Waals surface area contributed by atoms with Crippen molar-refractivity contribution in [2.24, 2.45) is 0 Å². The molecule has 0 bridgehead atoms. The van der Waals surface area contributed by atoms with Crippen LogP contribution in [0.4, 0.5) is 0 Å². The van der Waals surface area contributed by atoms with Gasteiger partial charge in [-0.3, -0.25) is 0 Å². The lowest BCUT2D eigenvalue weighted by Crippen LogP contribution is -2.21. The van der Waals surface area contributed by atoms with Crippen LogP contribution in [0, 0.1) is 0 Å². The molecule has 3 nitrogen and oxygen atoms in total. The highest BCUT2D eigenvalue weighted by Gasteiger charge is 2.32. The van der Waals surface area contributed by atoms with Crippen molar-refractivity contribution in [3.05, 3.63) is 22.8 Å². The number of phenolic OH excluding ortho intramolecular Hbond substituents is 1. The van der Waals surface area contributed by atoms with Gasteiger partial charge in [0.15, 0.2) is 0 Å². The minimum atomic E-state index is -1.06. The molecule has 0 saturated carbocycles. The van der Waals surface area contributed by atoms with E-state index in [4.69, 9.17) is 0 Å². The third-order valence-electron chi connectivity index (χ3n) is 3.05. The minimum absolute atomic E-state index is 0.0650. The van der Waals surface area contributed by atoms with Crippen molar-refractivity contribution in [2.75, 3.05) is 0 Å². The van der Waals surface area contributed by atoms with Crippen molar-refractivity contribution in [3.63, 3.8) is 0 Å². The van der Waals surface area contributed by atoms with Gasteiger partial charge in [-0.05, 0) is 16.9 Å². The number of carboxylic acid groups (broad SMARTS) is 1. The average Bonchev–Trinajstić information content (AvgIpc) is 2.16. The first-order valence-corrected chi connectivity index (χ1v) is 6.65. The summed E-state index contributed by atoms with van der Waals surface area (Å²) in [5, 5.41) is 19.9. The summed E-state index contributed by atoms with van der Waals surface area (Å²) in [5.41, 5.74) is 0.487. The van der Waals surface area contributed by atoms with Gasteiger partial charge in [-0.1, -0.05) is 41.5 Å². The van der Waals surface area contributed by atoms with Crippen LogP contribution in [-0.2, 0) is 10.8 Å². The van der Waals surface area contributed by atoms with Crippen LogP contribution >= 0.6 is 12.6 Å². The summed E-state index contributed by atoms with van der Waals surface area (Å²) in [7, 11) is 0. The average molecular weight is 282 g/mol. The van der Waals surface area contributed by atoms with Crippen LogP contribution in [0.15, 0.2) is 11.0 Å². The summed E-state index contributed by atoms with van der Waals surface area (Å²) < 4.78 is 0. The monoisotopic (exact) mass is 282 g/mol. The molecule has 0 atom stereocenters. The van der Waals surface area contributed by atoms with Crippen LogP contribution in [0.2, 0.25) is 0 Å². The minimum Gasteiger partial charge on any atom is -0.507 e. The van der Waals surface area contributed by atoms with E-state index < -0.39 is 11.4 Å². The number of aromatic carboxylic acids is 1. The van der Waals surface area contributed by atoms with Crippen molar-refractivity contribution in [1.29, 1.82) is 0 Å². The molecular weight excluding hydrogens is 260 g/mol. The van der Waals surface area contributed by atoms with Crippen LogP contribution in [0.3, 0.4) is 0 Å². The van der Waals surface area contributed by atoms with Gasteiger partial charge in [-0.2, -0.15) is 0 Å². The number of carboxylic acids is 1. The number of aromatic hydroxyl groups is 1. The van der Waals surface area contributed by atoms with E-state index >= 15 is 0 Å². The Bertz CT molecular complexity index is 520. The standard InChI is InChI=1S/C15H22O3S/c1-14(2,3)8-7-9(19)10(13(17)18)11(12(8)16)15(4,5)6/h7,16,19H,1-6H3,(H,17,18). The quantitative estimate of drug-likeness (QED) is 0.683. The molecule has 1 aromatic rings. The highest BCUT2D eigenvalue weighted by molar-refractivity contribution is 7.80. The molecule has 0 unspecified atom stereocenters. The summed E-state index contributed by atoms with van der Waals surface area (Å²) >= 11 is 4.30. The number of hydrogen-bond donors (Lipinski definition) is 3. The Labute approximate surface area is 120 Å². The zero-order valence-electron chi connectivity index (χ0n) is 12.3. The van der Waals surface area contributed by atoms with Crippen molar-refractivity contribution in [3.8, 4) is 5.75 Å². The van der Waals surface area contributed by atoms with Gasteiger partial charge < -0.3 is 10.2 Å². The summed E-state index contributed by atoms with van der Waals surface area (Å²) in [6.07, 6.45) is 0. The maximum absolute atomic E-state index is 11.4. The van der Waals surface area contributed by atoms with Crippen molar-refractivity contribution < 1.29 is 15.0 Å². The summed E-state index contributed by atoms with van der Waals surface area (Å²) in [4.78, 5) is 11.8. The lowest BCUT2D eigenvalue weighted by Gasteiger charge is -2.29. The number of benzene rings is 1. The van der Waals surface area contributed by atoms with Gasteiger partial charge in [-0.25, -0.2) is 4.79 Å². The van der Waals surface area contributed by atoms with Gasteiger partial charge in [-0.15, -0.1) is 12.6 Å². The molecule has 0 radical (unpaired) electrons. The van der Waals surface area contributed by atoms with Crippen molar-refractivity contribution in [1.82, 2.24) is 0 Å². The van der Waals surface area contributed by atoms with E-state index in [1.54, 1.807) is 6.07 Å². The van der Waals surface area contributed by atoms with E-state index in [1.165, 1.54) is 0 Å². The molecule has 2 N–H and O–H groups in total. The SMILES string of the molecule is CC(C)(C)c1cc(S)c(C(=O)O)c(C(C)(C)C)c1O. The second-order valence-corrected chi connectivity index (χ2v) is 7.33. The van der Waals surface area contributed by atoms with Crippen molar-refractivity contribution >= 4 is 18.6 Å². The van der Waals surface area contributed by atoms with Gasteiger partial charge in [0.25, 0.3) is 0 Å². The zero-order valence-corrected chi connectivity index (χ0v) is 13.2. The van der Waals surface area contributed by atoms with E-state index in [-0.39, 0.29) is 16.7 Å². The Balaban J connectivity index is 3.84. The van der Waals surface area contributed by atoms with Crippen LogP contribution in [0.5, 0.6) is 5.75 Å². The molecule has 1 aromatic carbocycles. The predicted octanol–water partition coefficient (Wildman–Crippen LogP) is 3.97. The molecule has 19 heavy (non-hydrogen) atoms. The highest BCUT2D eigenvalue weighted by atomic mass is 32.1. The maximum Gasteiger partial charge on any atom is 0.337 e. The smallest absolute Gasteiger partial charge is 0.337 e. The number of rotatable bonds is 1. The summed E-state index contributed by atoms with van der Waals surface area (Å²) in [6, 6.07) is 1.65. The fourth-order valence-electron chi connectivity index (χ4n) is 2.18. The summed E-state index contributed by atoms with van der Waals surface area (Å²) in [5.74, 6) is -0.999. The Morgan fingerprint density at radius 3 is 1.89 bits per heavy atom. The number of hydrogen-bond acceptors (Lipinski definition) is 3. The van der Waals surface area contributed by atoms with Crippen LogP contribution in [0.25, 0.3) is 0 Å². The van der Waals surface area contributed by atoms with Gasteiger partial charge in [0, 0.05) is 16.0 Å². The summed E-state index contributed by atoms with van der Waals surface area (Å²) in [6.45, 7) is 11.6. The third kappa shape index (κ3) is 3.06. The fraction of sp³-hybridized carbons (Fsp3) is 0.533. The number of thiol groups is 1. The normalized spacial score (nSPS) is 12.6. The van der Waals surface area contributed by atoms with Gasteiger partial charge in [0.05, 0.1) is 5.56 Å². The Hall–Kier alpha value is -1.16. The molecule has 1 rings (SSSR count). The van der Waals surface area contributed by atoms with E-state index in [9.17, 15) is 15.0 Å². The molecule has 106 valence electrons. The molecule has 0 heterocycles. The van der Waals surface area contributed by atoms with Crippen molar-refractivity contribution in [2.45, 2.75) is 57.3 Å². The predicted molar refractivity (Wildman–Crippen MR) is 79.7 cm³/mol. The molecule has 0 fully saturated rings. The molecule has 4 heteroatoms. The Morgan fingerprint density at radius 1 is 1.11 bits per heavy atom. The molecule has 0 aliphatic rings. The van der Waals surface area contributed by atoms with Crippen LogP contribution < -0.4 is 0 Å². The number of phenols is 1. The second-order valence-electron chi connectivity index (χ2n) is 6.85. The van der Waals surface area contributed by atoms with E-state index in [2.05, 4.69) is 12.6 Å². The molecular formula is C15H22O3S. The third-order valence-corrected chi connectivity index (χ3v) is 3.40. The second kappa shape index (κ2) is 4.75. The molecule has 0 saturated heterocycles. The molecule has 0 aromatic heterocycles. The van der Waals surface area contributed by atoms with E-state index in [0.29, 0.717) is 16.0 Å². The van der Waals surface area contributed by atoms with E-state index in [1.807, 2.05) is 41.5 Å². The largest absolute Gasteiger partial charge is 0.507 e. The molecule has 0 amide bonds. The Kier molecular flexibility index (Phi) is 3.97.